The predicted octanol–water partition coefficient (Wildman–Crippen LogP) is 5.51. The van der Waals surface area contributed by atoms with E-state index in [9.17, 15) is 14.7 Å². The van der Waals surface area contributed by atoms with Crippen molar-refractivity contribution in [2.45, 2.75) is 25.8 Å². The van der Waals surface area contributed by atoms with Crippen molar-refractivity contribution in [1.29, 1.82) is 0 Å². The summed E-state index contributed by atoms with van der Waals surface area (Å²) in [6, 6.07) is 13.7. The lowest BCUT2D eigenvalue weighted by Crippen LogP contribution is -2.30. The number of thiazole rings is 1. The van der Waals surface area contributed by atoms with Gasteiger partial charge in [0.1, 0.15) is 0 Å². The number of allylic oxidation sites excluding steroid dienone is 1. The second-order valence-electron chi connectivity index (χ2n) is 7.88. The molecule has 1 N–H and O–H groups in total. The number of carbonyl (C=O) groups excluding carboxylic acids is 2. The van der Waals surface area contributed by atoms with E-state index in [0.29, 0.717) is 28.8 Å². The van der Waals surface area contributed by atoms with Crippen molar-refractivity contribution in [2.75, 3.05) is 18.6 Å². The van der Waals surface area contributed by atoms with Crippen LogP contribution in [-0.4, -0.2) is 35.5 Å². The first-order valence-electron chi connectivity index (χ1n) is 11.3. The summed E-state index contributed by atoms with van der Waals surface area (Å²) in [5.74, 6) is -0.687. The number of carbonyl (C=O) groups is 2. The van der Waals surface area contributed by atoms with E-state index in [1.807, 2.05) is 30.3 Å². The standard InChI is InChI=1S/C27H26N2O5S/c1-3-4-15-34-21-13-11-19(17-22(21)33-2)24-23(20(30)12-10-18-8-6-5-7-9-18)25(31)26(32)29(24)27-28-14-16-35-27/h5-14,16-17,24,31H,3-4,15H2,1-2H3/b12-10+. The van der Waals surface area contributed by atoms with Crippen LogP contribution in [0.25, 0.3) is 6.08 Å². The molecule has 1 atom stereocenters. The van der Waals surface area contributed by atoms with Crippen LogP contribution in [0.5, 0.6) is 11.5 Å². The second kappa shape index (κ2) is 11.0. The van der Waals surface area contributed by atoms with Crippen LogP contribution < -0.4 is 14.4 Å². The first kappa shape index (κ1) is 24.2. The summed E-state index contributed by atoms with van der Waals surface area (Å²) in [5.41, 5.74) is 1.40. The number of ether oxygens (including phenoxy) is 2. The lowest BCUT2D eigenvalue weighted by molar-refractivity contribution is -0.117. The van der Waals surface area contributed by atoms with Gasteiger partial charge in [-0.2, -0.15) is 0 Å². The molecule has 2 aromatic carbocycles. The van der Waals surface area contributed by atoms with Gasteiger partial charge in [-0.25, -0.2) is 4.98 Å². The maximum atomic E-state index is 13.3. The number of aromatic nitrogens is 1. The van der Waals surface area contributed by atoms with E-state index in [2.05, 4.69) is 11.9 Å². The van der Waals surface area contributed by atoms with Crippen molar-refractivity contribution in [1.82, 2.24) is 4.98 Å². The molecular formula is C27H26N2O5S. The number of amides is 1. The van der Waals surface area contributed by atoms with E-state index >= 15 is 0 Å². The fraction of sp³-hybridized carbons (Fsp3) is 0.222. The fourth-order valence-electron chi connectivity index (χ4n) is 3.83. The van der Waals surface area contributed by atoms with Gasteiger partial charge in [-0.3, -0.25) is 14.5 Å². The average molecular weight is 491 g/mol. The molecule has 0 saturated carbocycles. The Morgan fingerprint density at radius 2 is 2.00 bits per heavy atom. The molecule has 0 fully saturated rings. The van der Waals surface area contributed by atoms with E-state index < -0.39 is 23.5 Å². The Hall–Kier alpha value is -3.91. The SMILES string of the molecule is CCCCOc1ccc(C2C(C(=O)/C=C/c3ccccc3)=C(O)C(=O)N2c2nccs2)cc1OC. The van der Waals surface area contributed by atoms with E-state index in [-0.39, 0.29) is 5.57 Å². The van der Waals surface area contributed by atoms with Crippen LogP contribution in [-0.2, 0) is 9.59 Å². The third-order valence-corrected chi connectivity index (χ3v) is 6.36. The van der Waals surface area contributed by atoms with Gasteiger partial charge in [-0.1, -0.05) is 55.8 Å². The number of hydrogen-bond donors (Lipinski definition) is 1. The molecule has 35 heavy (non-hydrogen) atoms. The molecule has 180 valence electrons. The van der Waals surface area contributed by atoms with E-state index in [4.69, 9.17) is 9.47 Å². The van der Waals surface area contributed by atoms with Crippen molar-refractivity contribution >= 4 is 34.2 Å². The lowest BCUT2D eigenvalue weighted by Gasteiger charge is -2.25. The smallest absolute Gasteiger partial charge is 0.296 e. The fourth-order valence-corrected chi connectivity index (χ4v) is 4.50. The molecule has 0 bridgehead atoms. The molecule has 8 heteroatoms. The van der Waals surface area contributed by atoms with E-state index in [1.54, 1.807) is 35.9 Å². The zero-order valence-corrected chi connectivity index (χ0v) is 20.3. The molecule has 1 aliphatic heterocycles. The summed E-state index contributed by atoms with van der Waals surface area (Å²) < 4.78 is 11.4. The third-order valence-electron chi connectivity index (χ3n) is 5.58. The number of anilines is 1. The van der Waals surface area contributed by atoms with Gasteiger partial charge in [0.15, 0.2) is 28.2 Å². The molecular weight excluding hydrogens is 464 g/mol. The van der Waals surface area contributed by atoms with Crippen molar-refractivity contribution in [3.8, 4) is 11.5 Å². The molecule has 1 aliphatic rings. The molecule has 7 nitrogen and oxygen atoms in total. The topological polar surface area (TPSA) is 89.0 Å². The molecule has 1 aromatic heterocycles. The number of unbranched alkanes of at least 4 members (excludes halogenated alkanes) is 1. The number of nitrogens with zero attached hydrogens (tertiary/aromatic N) is 2. The Morgan fingerprint density at radius 3 is 2.69 bits per heavy atom. The summed E-state index contributed by atoms with van der Waals surface area (Å²) in [5, 5.41) is 12.9. The number of ketones is 1. The van der Waals surface area contributed by atoms with Gasteiger partial charge < -0.3 is 14.6 Å². The zero-order chi connectivity index (χ0) is 24.8. The number of aliphatic hydroxyl groups excluding tert-OH is 1. The summed E-state index contributed by atoms with van der Waals surface area (Å²) in [6.07, 6.45) is 6.50. The van der Waals surface area contributed by atoms with Gasteiger partial charge in [-0.15, -0.1) is 11.3 Å². The molecule has 1 unspecified atom stereocenters. The minimum absolute atomic E-state index is 0.0147. The Labute approximate surface area is 208 Å². The van der Waals surface area contributed by atoms with Gasteiger partial charge in [0.2, 0.25) is 0 Å². The van der Waals surface area contributed by atoms with Crippen LogP contribution in [0.15, 0.2) is 77.5 Å². The van der Waals surface area contributed by atoms with Gasteiger partial charge in [0.25, 0.3) is 5.91 Å². The average Bonchev–Trinajstić information content (AvgIpc) is 3.50. The lowest BCUT2D eigenvalue weighted by atomic mass is 9.95. The van der Waals surface area contributed by atoms with Crippen LogP contribution in [0, 0.1) is 0 Å². The highest BCUT2D eigenvalue weighted by atomic mass is 32.1. The Balaban J connectivity index is 1.74. The van der Waals surface area contributed by atoms with Crippen molar-refractivity contribution < 1.29 is 24.2 Å². The van der Waals surface area contributed by atoms with Crippen LogP contribution in [0.4, 0.5) is 5.13 Å². The molecule has 2 heterocycles. The Kier molecular flexibility index (Phi) is 7.62. The minimum Gasteiger partial charge on any atom is -0.503 e. The molecule has 1 amide bonds. The molecule has 3 aromatic rings. The normalized spacial score (nSPS) is 15.8. The van der Waals surface area contributed by atoms with Crippen molar-refractivity contribution in [3.63, 3.8) is 0 Å². The van der Waals surface area contributed by atoms with Crippen LogP contribution in [0.2, 0.25) is 0 Å². The summed E-state index contributed by atoms with van der Waals surface area (Å²) in [4.78, 5) is 32.0. The predicted molar refractivity (Wildman–Crippen MR) is 136 cm³/mol. The molecule has 4 rings (SSSR count). The zero-order valence-electron chi connectivity index (χ0n) is 19.5. The largest absolute Gasteiger partial charge is 0.503 e. The number of benzene rings is 2. The van der Waals surface area contributed by atoms with Gasteiger partial charge in [0, 0.05) is 11.6 Å². The summed E-state index contributed by atoms with van der Waals surface area (Å²) in [6.45, 7) is 2.63. The first-order valence-corrected chi connectivity index (χ1v) is 12.2. The Morgan fingerprint density at radius 1 is 1.20 bits per heavy atom. The van der Waals surface area contributed by atoms with Gasteiger partial charge in [0.05, 0.1) is 25.3 Å². The third kappa shape index (κ3) is 5.12. The number of rotatable bonds is 10. The Bertz CT molecular complexity index is 1250. The van der Waals surface area contributed by atoms with Crippen LogP contribution >= 0.6 is 11.3 Å². The number of aliphatic hydroxyl groups is 1. The van der Waals surface area contributed by atoms with E-state index in [1.165, 1.54) is 29.4 Å². The highest BCUT2D eigenvalue weighted by Gasteiger charge is 2.45. The highest BCUT2D eigenvalue weighted by molar-refractivity contribution is 7.13. The maximum absolute atomic E-state index is 13.3. The highest BCUT2D eigenvalue weighted by Crippen LogP contribution is 2.43. The summed E-state index contributed by atoms with van der Waals surface area (Å²) in [7, 11) is 1.53. The first-order chi connectivity index (χ1) is 17.0. The van der Waals surface area contributed by atoms with Crippen molar-refractivity contribution in [3.05, 3.63) is 88.6 Å². The van der Waals surface area contributed by atoms with Gasteiger partial charge >= 0.3 is 0 Å². The molecule has 0 aliphatic carbocycles. The van der Waals surface area contributed by atoms with Crippen LogP contribution in [0.1, 0.15) is 36.9 Å². The van der Waals surface area contributed by atoms with E-state index in [0.717, 1.165) is 18.4 Å². The number of methoxy groups -OCH3 is 1. The molecule has 0 spiro atoms. The van der Waals surface area contributed by atoms with Crippen LogP contribution in [0.3, 0.4) is 0 Å². The maximum Gasteiger partial charge on any atom is 0.296 e. The quantitative estimate of drug-likeness (QED) is 0.298. The van der Waals surface area contributed by atoms with Gasteiger partial charge in [-0.05, 0) is 35.8 Å². The summed E-state index contributed by atoms with van der Waals surface area (Å²) >= 11 is 1.25. The van der Waals surface area contributed by atoms with Crippen molar-refractivity contribution in [2.24, 2.45) is 0 Å². The minimum atomic E-state index is -0.875. The monoisotopic (exact) mass is 490 g/mol. The molecule has 0 saturated heterocycles. The molecule has 0 radical (unpaired) electrons. The number of hydrogen-bond acceptors (Lipinski definition) is 7. The second-order valence-corrected chi connectivity index (χ2v) is 8.75.